The fourth-order valence-electron chi connectivity index (χ4n) is 0.672. The Hall–Kier alpha value is 0.576. The fourth-order valence-corrected chi connectivity index (χ4v) is 0.672. The number of carbonyl (C=O) groups excluding carboxylic acids is 2. The van der Waals surface area contributed by atoms with Gasteiger partial charge in [0, 0.05) is 0 Å². The minimum Gasteiger partial charge on any atom is -0.549 e. The van der Waals surface area contributed by atoms with Gasteiger partial charge in [-0.05, 0) is 13.3 Å². The van der Waals surface area contributed by atoms with Gasteiger partial charge in [-0.3, -0.25) is 4.79 Å². The molecular formula is C7H11KO4. The van der Waals surface area contributed by atoms with Crippen LogP contribution in [0.1, 0.15) is 20.3 Å². The first kappa shape index (κ1) is 15.1. The molecule has 0 radical (unpaired) electrons. The quantitative estimate of drug-likeness (QED) is 0.265. The summed E-state index contributed by atoms with van der Waals surface area (Å²) in [5, 5.41) is 10.2. The van der Waals surface area contributed by atoms with Crippen molar-refractivity contribution in [2.24, 2.45) is 5.92 Å². The van der Waals surface area contributed by atoms with Gasteiger partial charge in [0.1, 0.15) is 0 Å². The molecule has 0 aromatic heterocycles. The molecule has 1 unspecified atom stereocenters. The van der Waals surface area contributed by atoms with Crippen LogP contribution in [0.25, 0.3) is 0 Å². The molecule has 0 heterocycles. The van der Waals surface area contributed by atoms with E-state index in [1.54, 1.807) is 13.8 Å². The van der Waals surface area contributed by atoms with Gasteiger partial charge in [-0.2, -0.15) is 0 Å². The van der Waals surface area contributed by atoms with E-state index in [2.05, 4.69) is 4.74 Å². The Kier molecular flexibility index (Phi) is 10.3. The molecule has 0 aliphatic heterocycles. The van der Waals surface area contributed by atoms with E-state index < -0.39 is 17.9 Å². The second-order valence-corrected chi connectivity index (χ2v) is 2.03. The fraction of sp³-hybridized carbons (Fsp3) is 0.714. The minimum absolute atomic E-state index is 0. The Balaban J connectivity index is 0. The van der Waals surface area contributed by atoms with Crippen LogP contribution in [0.15, 0.2) is 0 Å². The van der Waals surface area contributed by atoms with E-state index in [1.165, 1.54) is 0 Å². The van der Waals surface area contributed by atoms with Crippen LogP contribution >= 0.6 is 0 Å². The maximum absolute atomic E-state index is 10.8. The Morgan fingerprint density at radius 3 is 2.17 bits per heavy atom. The summed E-state index contributed by atoms with van der Waals surface area (Å²) in [6.45, 7) is 3.42. The van der Waals surface area contributed by atoms with Crippen molar-refractivity contribution >= 4 is 11.9 Å². The van der Waals surface area contributed by atoms with Crippen molar-refractivity contribution in [3.63, 3.8) is 0 Å². The number of ether oxygens (including phenoxy) is 1. The standard InChI is InChI=1S/C7H12O4.K/c1-3-5(6(8)9)7(10)11-4-2;/h5H,3-4H2,1-2H3,(H,8,9);/q;+1/p-1. The van der Waals surface area contributed by atoms with Crippen molar-refractivity contribution in [2.45, 2.75) is 20.3 Å². The average Bonchev–Trinajstić information content (AvgIpc) is 1.88. The van der Waals surface area contributed by atoms with Crippen molar-refractivity contribution in [3.8, 4) is 0 Å². The minimum atomic E-state index is -1.37. The molecule has 0 aliphatic carbocycles. The summed E-state index contributed by atoms with van der Waals surface area (Å²) < 4.78 is 4.50. The number of carbonyl (C=O) groups is 2. The molecule has 0 saturated carbocycles. The van der Waals surface area contributed by atoms with Gasteiger partial charge < -0.3 is 14.6 Å². The van der Waals surface area contributed by atoms with Crippen LogP contribution in [0.2, 0.25) is 0 Å². The summed E-state index contributed by atoms with van der Waals surface area (Å²) >= 11 is 0. The van der Waals surface area contributed by atoms with Crippen LogP contribution in [0.5, 0.6) is 0 Å². The van der Waals surface area contributed by atoms with Crippen molar-refractivity contribution in [3.05, 3.63) is 0 Å². The summed E-state index contributed by atoms with van der Waals surface area (Å²) in [5.41, 5.74) is 0. The van der Waals surface area contributed by atoms with E-state index in [-0.39, 0.29) is 64.4 Å². The first-order chi connectivity index (χ1) is 5.13. The van der Waals surface area contributed by atoms with Gasteiger partial charge in [-0.25, -0.2) is 0 Å². The van der Waals surface area contributed by atoms with Crippen LogP contribution < -0.4 is 56.5 Å². The molecular weight excluding hydrogens is 187 g/mol. The zero-order valence-corrected chi connectivity index (χ0v) is 10.7. The molecule has 0 aromatic carbocycles. The molecule has 64 valence electrons. The Labute approximate surface area is 114 Å². The SMILES string of the molecule is CCOC(=O)C(CC)C(=O)[O-].[K+]. The normalized spacial score (nSPS) is 11.2. The number of carboxylic acids is 1. The molecule has 0 aliphatic rings. The smallest absolute Gasteiger partial charge is 0.549 e. The van der Waals surface area contributed by atoms with Crippen molar-refractivity contribution in [1.82, 2.24) is 0 Å². The zero-order valence-electron chi connectivity index (χ0n) is 7.62. The summed E-state index contributed by atoms with van der Waals surface area (Å²) in [6.07, 6.45) is 0.209. The topological polar surface area (TPSA) is 66.4 Å². The van der Waals surface area contributed by atoms with E-state index in [0.717, 1.165) is 0 Å². The van der Waals surface area contributed by atoms with E-state index in [1.807, 2.05) is 0 Å². The zero-order chi connectivity index (χ0) is 8.85. The Bertz CT molecular complexity index is 157. The van der Waals surface area contributed by atoms with E-state index >= 15 is 0 Å². The molecule has 5 heteroatoms. The first-order valence-corrected chi connectivity index (χ1v) is 3.50. The molecule has 0 fully saturated rings. The van der Waals surface area contributed by atoms with E-state index in [4.69, 9.17) is 0 Å². The maximum Gasteiger partial charge on any atom is 1.00 e. The van der Waals surface area contributed by atoms with Gasteiger partial charge in [-0.1, -0.05) is 6.92 Å². The van der Waals surface area contributed by atoms with Gasteiger partial charge in [0.05, 0.1) is 18.5 Å². The predicted molar refractivity (Wildman–Crippen MR) is 35.4 cm³/mol. The van der Waals surface area contributed by atoms with Gasteiger partial charge in [0.15, 0.2) is 0 Å². The van der Waals surface area contributed by atoms with Crippen molar-refractivity contribution in [2.75, 3.05) is 6.61 Å². The largest absolute Gasteiger partial charge is 1.00 e. The summed E-state index contributed by atoms with van der Waals surface area (Å²) in [6, 6.07) is 0. The summed E-state index contributed by atoms with van der Waals surface area (Å²) in [4.78, 5) is 21.0. The van der Waals surface area contributed by atoms with Crippen LogP contribution in [0.3, 0.4) is 0 Å². The van der Waals surface area contributed by atoms with Gasteiger partial charge in [-0.15, -0.1) is 0 Å². The third-order valence-electron chi connectivity index (χ3n) is 1.26. The van der Waals surface area contributed by atoms with Gasteiger partial charge in [0.2, 0.25) is 0 Å². The molecule has 4 nitrogen and oxygen atoms in total. The number of hydrogen-bond acceptors (Lipinski definition) is 4. The molecule has 0 amide bonds. The van der Waals surface area contributed by atoms with Crippen LogP contribution in [-0.4, -0.2) is 18.5 Å². The number of esters is 1. The first-order valence-electron chi connectivity index (χ1n) is 3.50. The number of hydrogen-bond donors (Lipinski definition) is 0. The molecule has 1 atom stereocenters. The van der Waals surface area contributed by atoms with E-state index in [0.29, 0.717) is 0 Å². The number of carboxylic acid groups (broad SMARTS) is 1. The molecule has 0 rings (SSSR count). The summed E-state index contributed by atoms with van der Waals surface area (Å²) in [5.74, 6) is -3.20. The average molecular weight is 198 g/mol. The second-order valence-electron chi connectivity index (χ2n) is 2.03. The molecule has 0 N–H and O–H groups in total. The van der Waals surface area contributed by atoms with Crippen LogP contribution in [0.4, 0.5) is 0 Å². The number of rotatable bonds is 4. The second kappa shape index (κ2) is 8.19. The molecule has 0 saturated heterocycles. The molecule has 0 aromatic rings. The summed E-state index contributed by atoms with van der Waals surface area (Å²) in [7, 11) is 0. The van der Waals surface area contributed by atoms with Crippen molar-refractivity contribution in [1.29, 1.82) is 0 Å². The Morgan fingerprint density at radius 1 is 1.42 bits per heavy atom. The van der Waals surface area contributed by atoms with Crippen LogP contribution in [-0.2, 0) is 14.3 Å². The maximum atomic E-state index is 10.8. The molecule has 0 bridgehead atoms. The monoisotopic (exact) mass is 198 g/mol. The third-order valence-corrected chi connectivity index (χ3v) is 1.26. The number of aliphatic carboxylic acids is 1. The van der Waals surface area contributed by atoms with E-state index in [9.17, 15) is 14.7 Å². The molecule has 12 heavy (non-hydrogen) atoms. The third kappa shape index (κ3) is 5.26. The predicted octanol–water partition coefficient (Wildman–Crippen LogP) is -3.67. The van der Waals surface area contributed by atoms with Gasteiger partial charge in [0.25, 0.3) is 0 Å². The van der Waals surface area contributed by atoms with Crippen LogP contribution in [0, 0.1) is 5.92 Å². The van der Waals surface area contributed by atoms with Crippen molar-refractivity contribution < 1.29 is 70.8 Å². The van der Waals surface area contributed by atoms with Gasteiger partial charge >= 0.3 is 57.4 Å². The molecule has 0 spiro atoms. The Morgan fingerprint density at radius 2 is 1.92 bits per heavy atom.